The first-order valence-corrected chi connectivity index (χ1v) is 14.4. The van der Waals surface area contributed by atoms with Crippen molar-refractivity contribution in [2.24, 2.45) is 5.73 Å². The summed E-state index contributed by atoms with van der Waals surface area (Å²) in [6.07, 6.45) is 5.59. The predicted molar refractivity (Wildman–Crippen MR) is 162 cm³/mol. The number of amides is 1. The van der Waals surface area contributed by atoms with E-state index in [2.05, 4.69) is 52.0 Å². The zero-order chi connectivity index (χ0) is 28.1. The summed E-state index contributed by atoms with van der Waals surface area (Å²) in [7, 11) is 1.73. The fourth-order valence-corrected chi connectivity index (χ4v) is 6.27. The van der Waals surface area contributed by atoms with Crippen LogP contribution in [0.1, 0.15) is 42.9 Å². The quantitative estimate of drug-likeness (QED) is 0.245. The largest absolute Gasteiger partial charge is 0.385 e. The van der Waals surface area contributed by atoms with Gasteiger partial charge in [0.25, 0.3) is 0 Å². The van der Waals surface area contributed by atoms with Crippen molar-refractivity contribution in [3.8, 4) is 11.1 Å². The molecule has 5 rings (SSSR count). The molecule has 1 aliphatic heterocycles. The van der Waals surface area contributed by atoms with Gasteiger partial charge in [-0.05, 0) is 55.0 Å². The Labute approximate surface area is 241 Å². The van der Waals surface area contributed by atoms with Crippen LogP contribution in [0.4, 0.5) is 5.82 Å². The summed E-state index contributed by atoms with van der Waals surface area (Å²) >= 11 is 6.98. The van der Waals surface area contributed by atoms with Gasteiger partial charge < -0.3 is 25.7 Å². The number of piperidine rings is 1. The van der Waals surface area contributed by atoms with E-state index in [9.17, 15) is 4.79 Å². The lowest BCUT2D eigenvalue weighted by Crippen LogP contribution is -2.42. The van der Waals surface area contributed by atoms with E-state index < -0.39 is 0 Å². The Morgan fingerprint density at radius 3 is 2.65 bits per heavy atom. The van der Waals surface area contributed by atoms with Crippen molar-refractivity contribution < 1.29 is 9.53 Å². The molecule has 0 spiro atoms. The van der Waals surface area contributed by atoms with E-state index >= 15 is 0 Å². The molecular weight excluding hydrogens is 522 g/mol. The van der Waals surface area contributed by atoms with Crippen molar-refractivity contribution >= 4 is 34.2 Å². The van der Waals surface area contributed by atoms with Crippen LogP contribution in [0, 0.1) is 0 Å². The highest BCUT2D eigenvalue weighted by atomic mass is 35.5. The Morgan fingerprint density at radius 1 is 1.12 bits per heavy atom. The number of hydrogen-bond donors (Lipinski definition) is 2. The van der Waals surface area contributed by atoms with E-state index in [1.807, 2.05) is 17.0 Å². The second kappa shape index (κ2) is 12.9. The summed E-state index contributed by atoms with van der Waals surface area (Å²) in [5, 5.41) is 1.88. The van der Waals surface area contributed by atoms with Crippen LogP contribution in [0.2, 0.25) is 5.02 Å². The van der Waals surface area contributed by atoms with Crippen LogP contribution in [0.3, 0.4) is 0 Å². The molecule has 1 unspecified atom stereocenters. The van der Waals surface area contributed by atoms with Crippen LogP contribution in [0.15, 0.2) is 66.9 Å². The summed E-state index contributed by atoms with van der Waals surface area (Å²) in [4.78, 5) is 19.5. The van der Waals surface area contributed by atoms with Crippen molar-refractivity contribution in [1.29, 1.82) is 0 Å². The third-order valence-corrected chi connectivity index (χ3v) is 8.24. The van der Waals surface area contributed by atoms with Gasteiger partial charge >= 0.3 is 0 Å². The Morgan fingerprint density at radius 2 is 1.90 bits per heavy atom. The van der Waals surface area contributed by atoms with Crippen LogP contribution in [0.5, 0.6) is 0 Å². The normalized spacial score (nSPS) is 16.4. The maximum absolute atomic E-state index is 13.4. The van der Waals surface area contributed by atoms with Crippen molar-refractivity contribution in [3.05, 3.63) is 83.1 Å². The molecule has 3 heterocycles. The van der Waals surface area contributed by atoms with Crippen molar-refractivity contribution in [2.45, 2.75) is 50.6 Å². The molecule has 1 amide bonds. The van der Waals surface area contributed by atoms with E-state index in [0.29, 0.717) is 31.8 Å². The van der Waals surface area contributed by atoms with Crippen LogP contribution >= 0.6 is 11.6 Å². The molecule has 0 aliphatic carbocycles. The number of aromatic nitrogens is 2. The van der Waals surface area contributed by atoms with Crippen molar-refractivity contribution in [1.82, 2.24) is 14.5 Å². The Balaban J connectivity index is 1.23. The molecule has 0 radical (unpaired) electrons. The monoisotopic (exact) mass is 559 g/mol. The van der Waals surface area contributed by atoms with E-state index in [1.165, 1.54) is 0 Å². The third kappa shape index (κ3) is 6.33. The average Bonchev–Trinajstić information content (AvgIpc) is 3.25. The van der Waals surface area contributed by atoms with Gasteiger partial charge in [-0.15, -0.1) is 0 Å². The van der Waals surface area contributed by atoms with Gasteiger partial charge in [0, 0.05) is 80.1 Å². The highest BCUT2D eigenvalue weighted by molar-refractivity contribution is 6.36. The summed E-state index contributed by atoms with van der Waals surface area (Å²) in [5.41, 5.74) is 17.6. The minimum atomic E-state index is -0.249. The summed E-state index contributed by atoms with van der Waals surface area (Å²) in [6, 6.07) is 20.0. The molecule has 1 fully saturated rings. The highest BCUT2D eigenvalue weighted by Gasteiger charge is 2.30. The Hall–Kier alpha value is -3.39. The number of methoxy groups -OCH3 is 1. The minimum Gasteiger partial charge on any atom is -0.385 e. The van der Waals surface area contributed by atoms with Gasteiger partial charge in [0.1, 0.15) is 5.82 Å². The topological polar surface area (TPSA) is 99.4 Å². The number of carbonyl (C=O) groups is 1. The van der Waals surface area contributed by atoms with Crippen molar-refractivity contribution in [2.75, 3.05) is 32.5 Å². The molecule has 7 nitrogen and oxygen atoms in total. The molecule has 0 saturated carbocycles. The first-order valence-electron chi connectivity index (χ1n) is 14.0. The molecule has 4 aromatic rings. The van der Waals surface area contributed by atoms with Gasteiger partial charge in [-0.2, -0.15) is 0 Å². The van der Waals surface area contributed by atoms with Crippen molar-refractivity contribution in [3.63, 3.8) is 0 Å². The van der Waals surface area contributed by atoms with Gasteiger partial charge in [-0.1, -0.05) is 54.1 Å². The molecule has 0 bridgehead atoms. The number of hydrogen-bond acceptors (Lipinski definition) is 5. The number of nitrogens with zero attached hydrogens (tertiary/aromatic N) is 3. The number of halogens is 1. The molecule has 2 aromatic heterocycles. The lowest BCUT2D eigenvalue weighted by molar-refractivity contribution is -0.132. The number of aryl methyl sites for hydroxylation is 1. The smallest absolute Gasteiger partial charge is 0.224 e. The number of anilines is 1. The second-order valence-corrected chi connectivity index (χ2v) is 11.1. The molecule has 2 atom stereocenters. The molecule has 40 heavy (non-hydrogen) atoms. The number of nitrogens with two attached hydrogens (primary N) is 2. The van der Waals surface area contributed by atoms with Gasteiger partial charge in [0.15, 0.2) is 0 Å². The molecular formula is C32H38ClN5O2. The highest BCUT2D eigenvalue weighted by Crippen LogP contribution is 2.39. The summed E-state index contributed by atoms with van der Waals surface area (Å²) < 4.78 is 7.65. The Bertz CT molecular complexity index is 1430. The predicted octanol–water partition coefficient (Wildman–Crippen LogP) is 5.64. The lowest BCUT2D eigenvalue weighted by atomic mass is 9.93. The molecule has 1 aliphatic rings. The molecule has 8 heteroatoms. The average molecular weight is 560 g/mol. The maximum atomic E-state index is 13.4. The fraction of sp³-hybridized carbons (Fsp3) is 0.375. The molecule has 210 valence electrons. The molecule has 4 N–H and O–H groups in total. The van der Waals surface area contributed by atoms with E-state index in [0.717, 1.165) is 70.7 Å². The van der Waals surface area contributed by atoms with Crippen LogP contribution in [-0.4, -0.2) is 53.2 Å². The zero-order valence-electron chi connectivity index (χ0n) is 23.1. The van der Waals surface area contributed by atoms with Crippen LogP contribution < -0.4 is 11.5 Å². The van der Waals surface area contributed by atoms with E-state index in [4.69, 9.17) is 27.8 Å². The SMILES string of the molecule is COCCCn1c(C2CCCN(C(=O)C[C@H](N)Cc3ccc(-c4ccc(N)nc4)cc3)C2)c(Cl)c2ccccc21. The summed E-state index contributed by atoms with van der Waals surface area (Å²) in [6.45, 7) is 2.95. The molecule has 2 aromatic carbocycles. The number of pyridine rings is 1. The summed E-state index contributed by atoms with van der Waals surface area (Å²) in [5.74, 6) is 0.801. The zero-order valence-corrected chi connectivity index (χ0v) is 23.8. The van der Waals surface area contributed by atoms with Gasteiger partial charge in [0.2, 0.25) is 5.91 Å². The molecule has 1 saturated heterocycles. The number of fused-ring (bicyclic) bond motifs is 1. The first kappa shape index (κ1) is 28.1. The lowest BCUT2D eigenvalue weighted by Gasteiger charge is -2.34. The first-order chi connectivity index (χ1) is 19.4. The number of nitrogen functional groups attached to an aromatic ring is 1. The van der Waals surface area contributed by atoms with E-state index in [-0.39, 0.29) is 17.9 Å². The van der Waals surface area contributed by atoms with E-state index in [1.54, 1.807) is 19.4 Å². The number of carbonyl (C=O) groups excluding carboxylic acids is 1. The van der Waals surface area contributed by atoms with Gasteiger partial charge in [0.05, 0.1) is 5.02 Å². The number of likely N-dealkylation sites (tertiary alicyclic amines) is 1. The second-order valence-electron chi connectivity index (χ2n) is 10.7. The number of rotatable bonds is 10. The minimum absolute atomic E-state index is 0.111. The third-order valence-electron chi connectivity index (χ3n) is 7.85. The Kier molecular flexibility index (Phi) is 9.04. The van der Waals surface area contributed by atoms with Gasteiger partial charge in [-0.25, -0.2) is 4.98 Å². The standard InChI is InChI=1S/C32H38ClN5O2/c1-40-17-5-16-38-28-8-3-2-7-27(28)31(33)32(38)25-6-4-15-37(21-25)30(39)19-26(34)18-22-9-11-23(12-10-22)24-13-14-29(35)36-20-24/h2-3,7-14,20,25-26H,4-6,15-19,21,34H2,1H3,(H2,35,36)/t25?,26-/m1/s1. The maximum Gasteiger partial charge on any atom is 0.224 e. The number of para-hydroxylation sites is 1. The fourth-order valence-electron chi connectivity index (χ4n) is 5.85. The van der Waals surface area contributed by atoms with Crippen LogP contribution in [-0.2, 0) is 22.5 Å². The van der Waals surface area contributed by atoms with Gasteiger partial charge in [-0.3, -0.25) is 4.79 Å². The van der Waals surface area contributed by atoms with Crippen LogP contribution in [0.25, 0.3) is 22.0 Å². The number of benzene rings is 2. The number of ether oxygens (including phenoxy) is 1.